The number of aromatic nitrogens is 1. The lowest BCUT2D eigenvalue weighted by Gasteiger charge is -2.42. The van der Waals surface area contributed by atoms with Gasteiger partial charge in [-0.1, -0.05) is 6.07 Å². The Hall–Kier alpha value is -1.62. The van der Waals surface area contributed by atoms with Crippen molar-refractivity contribution in [1.82, 2.24) is 9.47 Å². The van der Waals surface area contributed by atoms with Gasteiger partial charge in [0, 0.05) is 37.3 Å². The van der Waals surface area contributed by atoms with Gasteiger partial charge in [-0.15, -0.1) is 0 Å². The van der Waals surface area contributed by atoms with Gasteiger partial charge in [0.05, 0.1) is 13.2 Å². The molecule has 0 unspecified atom stereocenters. The van der Waals surface area contributed by atoms with Crippen LogP contribution in [0.25, 0.3) is 0 Å². The smallest absolute Gasteiger partial charge is 0.320 e. The maximum absolute atomic E-state index is 11.9. The van der Waals surface area contributed by atoms with Crippen LogP contribution in [-0.2, 0) is 16.1 Å². The summed E-state index contributed by atoms with van der Waals surface area (Å²) in [7, 11) is 0. The second-order valence-corrected chi connectivity index (χ2v) is 5.70. The van der Waals surface area contributed by atoms with Crippen LogP contribution in [0.5, 0.6) is 0 Å². The van der Waals surface area contributed by atoms with Crippen molar-refractivity contribution in [2.75, 3.05) is 26.2 Å². The average Bonchev–Trinajstić information content (AvgIpc) is 2.40. The second kappa shape index (κ2) is 5.40. The summed E-state index contributed by atoms with van der Waals surface area (Å²) in [6.45, 7) is 5.08. The number of fused-ring (bicyclic) bond motifs is 4. The van der Waals surface area contributed by atoms with E-state index in [0.29, 0.717) is 25.0 Å². The van der Waals surface area contributed by atoms with Crippen LogP contribution in [0.1, 0.15) is 25.0 Å². The molecule has 3 rings (SSSR count). The largest absolute Gasteiger partial charge is 0.465 e. The molecule has 2 bridgehead atoms. The molecular weight excluding hydrogens is 256 g/mol. The number of likely N-dealkylation sites (tertiary alicyclic amines) is 1. The van der Waals surface area contributed by atoms with E-state index in [1.54, 1.807) is 6.07 Å². The summed E-state index contributed by atoms with van der Waals surface area (Å²) >= 11 is 0. The summed E-state index contributed by atoms with van der Waals surface area (Å²) in [5.74, 6) is 0.652. The van der Waals surface area contributed by atoms with Gasteiger partial charge in [-0.05, 0) is 25.3 Å². The van der Waals surface area contributed by atoms with Crippen LogP contribution >= 0.6 is 0 Å². The van der Waals surface area contributed by atoms with E-state index in [1.807, 2.05) is 23.6 Å². The predicted octanol–water partition coefficient (Wildman–Crippen LogP) is 0.831. The fourth-order valence-corrected chi connectivity index (χ4v) is 3.51. The Morgan fingerprint density at radius 2 is 2.20 bits per heavy atom. The predicted molar refractivity (Wildman–Crippen MR) is 74.6 cm³/mol. The number of piperidine rings is 1. The van der Waals surface area contributed by atoms with Crippen LogP contribution in [0.3, 0.4) is 0 Å². The Kier molecular flexibility index (Phi) is 3.61. The van der Waals surface area contributed by atoms with Gasteiger partial charge < -0.3 is 9.30 Å². The Labute approximate surface area is 118 Å². The van der Waals surface area contributed by atoms with Crippen LogP contribution in [0.4, 0.5) is 0 Å². The van der Waals surface area contributed by atoms with E-state index in [4.69, 9.17) is 4.74 Å². The molecular formula is C15H20N2O3. The fourth-order valence-electron chi connectivity index (χ4n) is 3.51. The van der Waals surface area contributed by atoms with Gasteiger partial charge in [0.15, 0.2) is 0 Å². The first kappa shape index (κ1) is 13.4. The van der Waals surface area contributed by atoms with Crippen molar-refractivity contribution in [3.05, 3.63) is 34.2 Å². The number of hydrogen-bond acceptors (Lipinski definition) is 4. The van der Waals surface area contributed by atoms with E-state index in [9.17, 15) is 9.59 Å². The molecule has 1 fully saturated rings. The summed E-state index contributed by atoms with van der Waals surface area (Å²) < 4.78 is 6.92. The topological polar surface area (TPSA) is 51.5 Å². The zero-order valence-corrected chi connectivity index (χ0v) is 11.7. The van der Waals surface area contributed by atoms with Crippen molar-refractivity contribution in [1.29, 1.82) is 0 Å². The molecule has 1 saturated heterocycles. The van der Waals surface area contributed by atoms with E-state index in [1.165, 1.54) is 0 Å². The zero-order chi connectivity index (χ0) is 14.1. The number of hydrogen-bond donors (Lipinski definition) is 0. The molecule has 0 spiro atoms. The van der Waals surface area contributed by atoms with Gasteiger partial charge in [-0.2, -0.15) is 0 Å². The highest BCUT2D eigenvalue weighted by atomic mass is 16.5. The molecule has 5 nitrogen and oxygen atoms in total. The number of esters is 1. The monoisotopic (exact) mass is 276 g/mol. The summed E-state index contributed by atoms with van der Waals surface area (Å²) in [6.07, 6.45) is 1.11. The van der Waals surface area contributed by atoms with Gasteiger partial charge in [-0.25, -0.2) is 0 Å². The molecule has 20 heavy (non-hydrogen) atoms. The third kappa shape index (κ3) is 2.50. The van der Waals surface area contributed by atoms with Crippen LogP contribution < -0.4 is 5.56 Å². The number of rotatable bonds is 3. The molecule has 0 aliphatic carbocycles. The third-order valence-electron chi connectivity index (χ3n) is 4.21. The average molecular weight is 276 g/mol. The Morgan fingerprint density at radius 1 is 1.35 bits per heavy atom. The molecule has 3 heterocycles. The first-order valence-corrected chi connectivity index (χ1v) is 7.25. The van der Waals surface area contributed by atoms with Crippen molar-refractivity contribution >= 4 is 5.97 Å². The molecule has 108 valence electrons. The molecule has 2 atom stereocenters. The van der Waals surface area contributed by atoms with Gasteiger partial charge in [0.2, 0.25) is 0 Å². The Morgan fingerprint density at radius 3 is 3.00 bits per heavy atom. The van der Waals surface area contributed by atoms with Crippen molar-refractivity contribution in [3.8, 4) is 0 Å². The maximum Gasteiger partial charge on any atom is 0.320 e. The van der Waals surface area contributed by atoms with E-state index in [-0.39, 0.29) is 11.5 Å². The minimum Gasteiger partial charge on any atom is -0.465 e. The SMILES string of the molecule is CCOC(=O)CN1C[C@H]2C[C@H](C1)c1cccc(=O)n1C2. The van der Waals surface area contributed by atoms with E-state index < -0.39 is 0 Å². The summed E-state index contributed by atoms with van der Waals surface area (Å²) in [6, 6.07) is 5.50. The standard InChI is InChI=1S/C15H20N2O3/c1-2-20-15(19)10-16-7-11-6-12(9-16)13-4-3-5-14(18)17(13)8-11/h3-5,11-12H,2,6-10H2,1H3/t11-,12-/m1/s1. The summed E-state index contributed by atoms with van der Waals surface area (Å²) in [5, 5.41) is 0. The minimum atomic E-state index is -0.155. The van der Waals surface area contributed by atoms with E-state index in [0.717, 1.165) is 31.7 Å². The number of carbonyl (C=O) groups excluding carboxylic acids is 1. The molecule has 5 heteroatoms. The first-order chi connectivity index (χ1) is 9.67. The summed E-state index contributed by atoms with van der Waals surface area (Å²) in [5.41, 5.74) is 1.21. The molecule has 2 aliphatic rings. The normalized spacial score (nSPS) is 25.1. The van der Waals surface area contributed by atoms with Crippen LogP contribution in [0.15, 0.2) is 23.0 Å². The highest BCUT2D eigenvalue weighted by Crippen LogP contribution is 2.34. The van der Waals surface area contributed by atoms with E-state index in [2.05, 4.69) is 4.90 Å². The minimum absolute atomic E-state index is 0.0936. The van der Waals surface area contributed by atoms with Gasteiger partial charge >= 0.3 is 5.97 Å². The van der Waals surface area contributed by atoms with Crippen LogP contribution in [-0.4, -0.2) is 41.7 Å². The quantitative estimate of drug-likeness (QED) is 0.767. The molecule has 1 aromatic heterocycles. The number of nitrogens with zero attached hydrogens (tertiary/aromatic N) is 2. The highest BCUT2D eigenvalue weighted by molar-refractivity contribution is 5.71. The maximum atomic E-state index is 11.9. The molecule has 0 aromatic carbocycles. The molecule has 1 aromatic rings. The molecule has 0 radical (unpaired) electrons. The lowest BCUT2D eigenvalue weighted by Crippen LogP contribution is -2.48. The van der Waals surface area contributed by atoms with Gasteiger partial charge in [-0.3, -0.25) is 14.5 Å². The number of pyridine rings is 1. The fraction of sp³-hybridized carbons (Fsp3) is 0.600. The molecule has 0 amide bonds. The highest BCUT2D eigenvalue weighted by Gasteiger charge is 2.34. The Balaban J connectivity index is 1.77. The molecule has 2 aliphatic heterocycles. The second-order valence-electron chi connectivity index (χ2n) is 5.70. The van der Waals surface area contributed by atoms with Crippen molar-refractivity contribution in [2.45, 2.75) is 25.8 Å². The lowest BCUT2D eigenvalue weighted by atomic mass is 9.83. The van der Waals surface area contributed by atoms with E-state index >= 15 is 0 Å². The Bertz CT molecular complexity index is 566. The van der Waals surface area contributed by atoms with Gasteiger partial charge in [0.25, 0.3) is 5.56 Å². The summed E-state index contributed by atoms with van der Waals surface area (Å²) in [4.78, 5) is 25.7. The van der Waals surface area contributed by atoms with Crippen molar-refractivity contribution in [2.24, 2.45) is 5.92 Å². The zero-order valence-electron chi connectivity index (χ0n) is 11.7. The van der Waals surface area contributed by atoms with Crippen molar-refractivity contribution < 1.29 is 9.53 Å². The van der Waals surface area contributed by atoms with Gasteiger partial charge in [0.1, 0.15) is 0 Å². The third-order valence-corrected chi connectivity index (χ3v) is 4.21. The van der Waals surface area contributed by atoms with Crippen molar-refractivity contribution in [3.63, 3.8) is 0 Å². The first-order valence-electron chi connectivity index (χ1n) is 7.25. The molecule has 0 saturated carbocycles. The van der Waals surface area contributed by atoms with Crippen LogP contribution in [0, 0.1) is 5.92 Å². The molecule has 0 N–H and O–H groups in total. The number of carbonyl (C=O) groups is 1. The number of ether oxygens (including phenoxy) is 1. The van der Waals surface area contributed by atoms with Crippen LogP contribution in [0.2, 0.25) is 0 Å². The lowest BCUT2D eigenvalue weighted by molar-refractivity contribution is -0.145.